The quantitative estimate of drug-likeness (QED) is 0.455. The van der Waals surface area contributed by atoms with E-state index in [1.807, 2.05) is 68.4 Å². The Labute approximate surface area is 175 Å². The van der Waals surface area contributed by atoms with Crippen LogP contribution < -0.4 is 15.5 Å². The number of benzene rings is 3. The molecule has 0 atom stereocenters. The van der Waals surface area contributed by atoms with Crippen molar-refractivity contribution in [3.8, 4) is 5.75 Å². The van der Waals surface area contributed by atoms with Crippen LogP contribution in [0.3, 0.4) is 0 Å². The molecule has 6 nitrogen and oxygen atoms in total. The highest BCUT2D eigenvalue weighted by Gasteiger charge is 2.09. The van der Waals surface area contributed by atoms with E-state index in [9.17, 15) is 9.59 Å². The standard InChI is InChI=1S/C24H25N3O3/c1-16-8-10-21(17(2)14-16)26-23(28)12-13-24(29)27-25-15-20-19-7-5-4-6-18(19)9-11-22(20)30-3/h4-11,14-15H,12-13H2,1-3H3,(H,26,28)(H,27,29)/b25-15+. The Kier molecular flexibility index (Phi) is 6.80. The SMILES string of the molecule is COc1ccc2ccccc2c1/C=N/NC(=O)CCC(=O)Nc1ccc(C)cc1C. The van der Waals surface area contributed by atoms with Gasteiger partial charge in [0.2, 0.25) is 11.8 Å². The molecular weight excluding hydrogens is 378 g/mol. The molecule has 0 aromatic heterocycles. The van der Waals surface area contributed by atoms with E-state index in [-0.39, 0.29) is 24.7 Å². The number of carbonyl (C=O) groups is 2. The van der Waals surface area contributed by atoms with Gasteiger partial charge in [-0.2, -0.15) is 5.10 Å². The largest absolute Gasteiger partial charge is 0.496 e. The highest BCUT2D eigenvalue weighted by molar-refractivity contribution is 6.02. The molecule has 0 heterocycles. The third-order valence-corrected chi connectivity index (χ3v) is 4.77. The molecule has 154 valence electrons. The number of nitrogens with one attached hydrogen (secondary N) is 2. The maximum Gasteiger partial charge on any atom is 0.240 e. The Hall–Kier alpha value is -3.67. The Bertz CT molecular complexity index is 1110. The number of hydrogen-bond acceptors (Lipinski definition) is 4. The van der Waals surface area contributed by atoms with E-state index in [0.717, 1.165) is 33.2 Å². The van der Waals surface area contributed by atoms with Crippen molar-refractivity contribution in [3.63, 3.8) is 0 Å². The van der Waals surface area contributed by atoms with Crippen molar-refractivity contribution in [2.45, 2.75) is 26.7 Å². The number of anilines is 1. The molecule has 2 N–H and O–H groups in total. The van der Waals surface area contributed by atoms with Crippen LogP contribution in [0.25, 0.3) is 10.8 Å². The molecule has 0 unspecified atom stereocenters. The monoisotopic (exact) mass is 403 g/mol. The third-order valence-electron chi connectivity index (χ3n) is 4.77. The molecule has 0 fully saturated rings. The molecule has 30 heavy (non-hydrogen) atoms. The van der Waals surface area contributed by atoms with Gasteiger partial charge in [-0.05, 0) is 42.3 Å². The number of ether oxygens (including phenoxy) is 1. The predicted octanol–water partition coefficient (Wildman–Crippen LogP) is 4.33. The maximum absolute atomic E-state index is 12.1. The van der Waals surface area contributed by atoms with Crippen molar-refractivity contribution in [2.75, 3.05) is 12.4 Å². The number of aryl methyl sites for hydroxylation is 2. The van der Waals surface area contributed by atoms with Crippen molar-refractivity contribution in [1.29, 1.82) is 0 Å². The number of nitrogens with zero attached hydrogens (tertiary/aromatic N) is 1. The van der Waals surface area contributed by atoms with Gasteiger partial charge in [-0.3, -0.25) is 9.59 Å². The van der Waals surface area contributed by atoms with Crippen LogP contribution in [-0.4, -0.2) is 25.1 Å². The second kappa shape index (κ2) is 9.69. The van der Waals surface area contributed by atoms with E-state index in [0.29, 0.717) is 5.75 Å². The van der Waals surface area contributed by atoms with Gasteiger partial charge in [0.25, 0.3) is 0 Å². The minimum absolute atomic E-state index is 0.0424. The smallest absolute Gasteiger partial charge is 0.240 e. The number of rotatable bonds is 7. The second-order valence-corrected chi connectivity index (χ2v) is 7.06. The first kappa shape index (κ1) is 21.0. The van der Waals surface area contributed by atoms with E-state index in [1.54, 1.807) is 13.3 Å². The van der Waals surface area contributed by atoms with Crippen LogP contribution in [-0.2, 0) is 9.59 Å². The minimum atomic E-state index is -0.332. The number of amides is 2. The van der Waals surface area contributed by atoms with Crippen LogP contribution in [0.15, 0.2) is 59.7 Å². The molecule has 3 aromatic carbocycles. The summed E-state index contributed by atoms with van der Waals surface area (Å²) in [6, 6.07) is 17.5. The van der Waals surface area contributed by atoms with Gasteiger partial charge in [0.1, 0.15) is 5.75 Å². The van der Waals surface area contributed by atoms with Gasteiger partial charge >= 0.3 is 0 Å². The van der Waals surface area contributed by atoms with Crippen molar-refractivity contribution in [2.24, 2.45) is 5.10 Å². The highest BCUT2D eigenvalue weighted by atomic mass is 16.5. The zero-order chi connectivity index (χ0) is 21.5. The van der Waals surface area contributed by atoms with Crippen molar-refractivity contribution in [1.82, 2.24) is 5.43 Å². The molecular formula is C24H25N3O3. The first-order valence-electron chi connectivity index (χ1n) is 9.72. The molecule has 3 rings (SSSR count). The summed E-state index contributed by atoms with van der Waals surface area (Å²) in [7, 11) is 1.59. The summed E-state index contributed by atoms with van der Waals surface area (Å²) in [5, 5.41) is 8.91. The lowest BCUT2D eigenvalue weighted by Crippen LogP contribution is -2.21. The summed E-state index contributed by atoms with van der Waals surface area (Å²) in [5.74, 6) is 0.123. The van der Waals surface area contributed by atoms with Gasteiger partial charge in [-0.15, -0.1) is 0 Å². The predicted molar refractivity (Wildman–Crippen MR) is 120 cm³/mol. The Morgan fingerprint density at radius 2 is 1.77 bits per heavy atom. The van der Waals surface area contributed by atoms with Crippen molar-refractivity contribution in [3.05, 3.63) is 71.3 Å². The lowest BCUT2D eigenvalue weighted by Gasteiger charge is -2.09. The van der Waals surface area contributed by atoms with Gasteiger partial charge in [0.05, 0.1) is 13.3 Å². The summed E-state index contributed by atoms with van der Waals surface area (Å²) in [6.45, 7) is 3.93. The Morgan fingerprint density at radius 3 is 2.53 bits per heavy atom. The van der Waals surface area contributed by atoms with Crippen LogP contribution in [0.5, 0.6) is 5.75 Å². The van der Waals surface area contributed by atoms with E-state index in [1.165, 1.54) is 0 Å². The van der Waals surface area contributed by atoms with Gasteiger partial charge < -0.3 is 10.1 Å². The zero-order valence-corrected chi connectivity index (χ0v) is 17.4. The van der Waals surface area contributed by atoms with E-state index in [2.05, 4.69) is 15.8 Å². The van der Waals surface area contributed by atoms with E-state index >= 15 is 0 Å². The van der Waals surface area contributed by atoms with Crippen molar-refractivity contribution < 1.29 is 14.3 Å². The lowest BCUT2D eigenvalue weighted by molar-refractivity contribution is -0.124. The summed E-state index contributed by atoms with van der Waals surface area (Å²) in [4.78, 5) is 24.2. The normalized spacial score (nSPS) is 10.9. The summed E-state index contributed by atoms with van der Waals surface area (Å²) >= 11 is 0. The average molecular weight is 403 g/mol. The molecule has 3 aromatic rings. The van der Waals surface area contributed by atoms with Gasteiger partial charge in [-0.1, -0.05) is 48.0 Å². The first-order chi connectivity index (χ1) is 14.5. The molecule has 0 aliphatic carbocycles. The fourth-order valence-corrected chi connectivity index (χ4v) is 3.21. The molecule has 2 amide bonds. The molecule has 0 spiro atoms. The molecule has 0 saturated carbocycles. The second-order valence-electron chi connectivity index (χ2n) is 7.06. The maximum atomic E-state index is 12.1. The van der Waals surface area contributed by atoms with Gasteiger partial charge in [0.15, 0.2) is 0 Å². The molecule has 0 bridgehead atoms. The molecule has 0 saturated heterocycles. The van der Waals surface area contributed by atoms with E-state index in [4.69, 9.17) is 4.74 Å². The summed E-state index contributed by atoms with van der Waals surface area (Å²) in [6.07, 6.45) is 1.68. The average Bonchev–Trinajstić information content (AvgIpc) is 2.74. The van der Waals surface area contributed by atoms with Gasteiger partial charge in [-0.25, -0.2) is 5.43 Å². The van der Waals surface area contributed by atoms with Gasteiger partial charge in [0, 0.05) is 24.1 Å². The fraction of sp³-hybridized carbons (Fsp3) is 0.208. The van der Waals surface area contributed by atoms with E-state index < -0.39 is 0 Å². The lowest BCUT2D eigenvalue weighted by atomic mass is 10.0. The Balaban J connectivity index is 1.56. The molecule has 0 radical (unpaired) electrons. The van der Waals surface area contributed by atoms with Crippen LogP contribution >= 0.6 is 0 Å². The molecule has 0 aliphatic rings. The molecule has 6 heteroatoms. The number of hydrogen-bond donors (Lipinski definition) is 2. The number of fused-ring (bicyclic) bond motifs is 1. The fourth-order valence-electron chi connectivity index (χ4n) is 3.21. The Morgan fingerprint density at radius 1 is 1.00 bits per heavy atom. The number of methoxy groups -OCH3 is 1. The summed E-state index contributed by atoms with van der Waals surface area (Å²) in [5.41, 5.74) is 6.14. The third kappa shape index (κ3) is 5.23. The minimum Gasteiger partial charge on any atom is -0.496 e. The summed E-state index contributed by atoms with van der Waals surface area (Å²) < 4.78 is 5.41. The number of hydrazone groups is 1. The molecule has 0 aliphatic heterocycles. The van der Waals surface area contributed by atoms with Crippen LogP contribution in [0.2, 0.25) is 0 Å². The zero-order valence-electron chi connectivity index (χ0n) is 17.4. The van der Waals surface area contributed by atoms with Crippen LogP contribution in [0.1, 0.15) is 29.5 Å². The number of carbonyl (C=O) groups excluding carboxylic acids is 2. The van der Waals surface area contributed by atoms with Crippen molar-refractivity contribution >= 4 is 34.5 Å². The first-order valence-corrected chi connectivity index (χ1v) is 9.72. The topological polar surface area (TPSA) is 79.8 Å². The van der Waals surface area contributed by atoms with Crippen LogP contribution in [0, 0.1) is 13.8 Å². The van der Waals surface area contributed by atoms with Crippen LogP contribution in [0.4, 0.5) is 5.69 Å². The highest BCUT2D eigenvalue weighted by Crippen LogP contribution is 2.26.